The van der Waals surface area contributed by atoms with Gasteiger partial charge in [0.25, 0.3) is 5.91 Å². The maximum absolute atomic E-state index is 12.3. The number of amides is 2. The first-order valence-corrected chi connectivity index (χ1v) is 9.94. The maximum atomic E-state index is 12.3. The van der Waals surface area contributed by atoms with Gasteiger partial charge in [0.05, 0.1) is 18.8 Å². The lowest BCUT2D eigenvalue weighted by Gasteiger charge is -2.29. The number of fused-ring (bicyclic) bond motifs is 1. The van der Waals surface area contributed by atoms with Crippen LogP contribution >= 0.6 is 0 Å². The number of hydrogen-bond donors (Lipinski definition) is 2. The van der Waals surface area contributed by atoms with Crippen LogP contribution in [0.25, 0.3) is 0 Å². The fraction of sp³-hybridized carbons (Fsp3) is 0.476. The Morgan fingerprint density at radius 3 is 2.47 bits per heavy atom. The summed E-state index contributed by atoms with van der Waals surface area (Å²) < 4.78 is 16.3. The number of aromatic nitrogens is 2. The van der Waals surface area contributed by atoms with Gasteiger partial charge in [0.2, 0.25) is 0 Å². The molecule has 2 amide bonds. The maximum Gasteiger partial charge on any atom is 0.410 e. The molecule has 1 aromatic carbocycles. The summed E-state index contributed by atoms with van der Waals surface area (Å²) in [5.41, 5.74) is 1.13. The number of hydrogen-bond acceptors (Lipinski definition) is 6. The van der Waals surface area contributed by atoms with Crippen LogP contribution in [0.15, 0.2) is 24.3 Å². The van der Waals surface area contributed by atoms with Crippen molar-refractivity contribution in [3.05, 3.63) is 35.5 Å². The standard InChI is InChI=1S/C21H28N4O5/c1-5-28-14-6-8-15(9-7-14)29-13-18(26)22-19-16-10-11-25(12-17(16)23-24-19)20(27)30-21(2,3)4/h6-9H,5,10-13H2,1-4H3,(H2,22,23,24,26). The van der Waals surface area contributed by atoms with Crippen LogP contribution in [0, 0.1) is 0 Å². The van der Waals surface area contributed by atoms with Crippen LogP contribution in [0.3, 0.4) is 0 Å². The number of carbonyl (C=O) groups is 2. The third kappa shape index (κ3) is 5.65. The van der Waals surface area contributed by atoms with Gasteiger partial charge < -0.3 is 24.4 Å². The summed E-state index contributed by atoms with van der Waals surface area (Å²) in [4.78, 5) is 26.1. The summed E-state index contributed by atoms with van der Waals surface area (Å²) >= 11 is 0. The Morgan fingerprint density at radius 1 is 1.17 bits per heavy atom. The normalized spacial score (nSPS) is 13.4. The minimum absolute atomic E-state index is 0.139. The number of H-pyrrole nitrogens is 1. The topological polar surface area (TPSA) is 106 Å². The first-order valence-electron chi connectivity index (χ1n) is 9.94. The van der Waals surface area contributed by atoms with Gasteiger partial charge in [-0.3, -0.25) is 9.89 Å². The number of anilines is 1. The predicted molar refractivity (Wildman–Crippen MR) is 111 cm³/mol. The molecule has 30 heavy (non-hydrogen) atoms. The van der Waals surface area contributed by atoms with Crippen LogP contribution < -0.4 is 14.8 Å². The van der Waals surface area contributed by atoms with Gasteiger partial charge in [-0.1, -0.05) is 0 Å². The Kier molecular flexibility index (Phi) is 6.49. The Morgan fingerprint density at radius 2 is 1.83 bits per heavy atom. The molecule has 1 aliphatic rings. The number of benzene rings is 1. The van der Waals surface area contributed by atoms with E-state index < -0.39 is 5.60 Å². The van der Waals surface area contributed by atoms with Gasteiger partial charge in [-0.25, -0.2) is 4.79 Å². The van der Waals surface area contributed by atoms with Crippen LogP contribution in [-0.4, -0.2) is 52.5 Å². The van der Waals surface area contributed by atoms with Gasteiger partial charge in [0, 0.05) is 12.1 Å². The van der Waals surface area contributed by atoms with Crippen LogP contribution in [0.1, 0.15) is 39.0 Å². The molecule has 2 aromatic rings. The second-order valence-corrected chi connectivity index (χ2v) is 7.92. The van der Waals surface area contributed by atoms with E-state index in [0.717, 1.165) is 17.0 Å². The predicted octanol–water partition coefficient (Wildman–Crippen LogP) is 3.12. The van der Waals surface area contributed by atoms with Gasteiger partial charge in [0.1, 0.15) is 17.1 Å². The van der Waals surface area contributed by atoms with Crippen molar-refractivity contribution in [2.75, 3.05) is 25.1 Å². The van der Waals surface area contributed by atoms with Crippen molar-refractivity contribution in [3.63, 3.8) is 0 Å². The molecule has 0 spiro atoms. The first kappa shape index (κ1) is 21.5. The largest absolute Gasteiger partial charge is 0.494 e. The zero-order chi connectivity index (χ0) is 21.7. The molecular weight excluding hydrogens is 388 g/mol. The molecule has 9 heteroatoms. The smallest absolute Gasteiger partial charge is 0.410 e. The van der Waals surface area contributed by atoms with Crippen molar-refractivity contribution < 1.29 is 23.8 Å². The van der Waals surface area contributed by atoms with Gasteiger partial charge in [0.15, 0.2) is 12.4 Å². The van der Waals surface area contributed by atoms with Gasteiger partial charge >= 0.3 is 6.09 Å². The molecule has 2 heterocycles. The molecule has 162 valence electrons. The average molecular weight is 416 g/mol. The third-order valence-corrected chi connectivity index (χ3v) is 4.35. The summed E-state index contributed by atoms with van der Waals surface area (Å²) in [7, 11) is 0. The lowest BCUT2D eigenvalue weighted by Crippen LogP contribution is -2.40. The SMILES string of the molecule is CCOc1ccc(OCC(=O)Nc2n[nH]c3c2CCN(C(=O)OC(C)(C)C)C3)cc1. The minimum Gasteiger partial charge on any atom is -0.494 e. The highest BCUT2D eigenvalue weighted by atomic mass is 16.6. The molecule has 0 aliphatic carbocycles. The van der Waals surface area contributed by atoms with Crippen molar-refractivity contribution in [1.82, 2.24) is 15.1 Å². The Balaban J connectivity index is 1.52. The van der Waals surface area contributed by atoms with Gasteiger partial charge in [-0.15, -0.1) is 0 Å². The monoisotopic (exact) mass is 416 g/mol. The highest BCUT2D eigenvalue weighted by molar-refractivity contribution is 5.91. The van der Waals surface area contributed by atoms with E-state index in [4.69, 9.17) is 14.2 Å². The first-order chi connectivity index (χ1) is 14.2. The molecule has 0 bridgehead atoms. The summed E-state index contributed by atoms with van der Waals surface area (Å²) in [6.07, 6.45) is 0.206. The van der Waals surface area contributed by atoms with Crippen LogP contribution in [0.2, 0.25) is 0 Å². The molecule has 0 unspecified atom stereocenters. The van der Waals surface area contributed by atoms with E-state index in [-0.39, 0.29) is 18.6 Å². The molecule has 9 nitrogen and oxygen atoms in total. The van der Waals surface area contributed by atoms with Crippen LogP contribution in [0.4, 0.5) is 10.6 Å². The Labute approximate surface area is 175 Å². The molecule has 1 aromatic heterocycles. The van der Waals surface area contributed by atoms with Gasteiger partial charge in [-0.05, 0) is 58.4 Å². The number of carbonyl (C=O) groups excluding carboxylic acids is 2. The van der Waals surface area contributed by atoms with Crippen molar-refractivity contribution in [2.24, 2.45) is 0 Å². The minimum atomic E-state index is -0.548. The van der Waals surface area contributed by atoms with E-state index in [0.29, 0.717) is 37.7 Å². The van der Waals surface area contributed by atoms with Crippen LogP contribution in [-0.2, 0) is 22.5 Å². The molecule has 0 radical (unpaired) electrons. The molecule has 0 saturated heterocycles. The number of ether oxygens (including phenoxy) is 3. The molecule has 1 aliphatic heterocycles. The molecular formula is C21H28N4O5. The summed E-state index contributed by atoms with van der Waals surface area (Å²) in [6, 6.07) is 7.08. The molecule has 3 rings (SSSR count). The second kappa shape index (κ2) is 9.06. The van der Waals surface area contributed by atoms with E-state index in [1.54, 1.807) is 29.2 Å². The second-order valence-electron chi connectivity index (χ2n) is 7.92. The van der Waals surface area contributed by atoms with E-state index in [9.17, 15) is 9.59 Å². The van der Waals surface area contributed by atoms with Crippen LogP contribution in [0.5, 0.6) is 11.5 Å². The fourth-order valence-corrected chi connectivity index (χ4v) is 3.02. The van der Waals surface area contributed by atoms with Crippen molar-refractivity contribution in [3.8, 4) is 11.5 Å². The summed E-state index contributed by atoms with van der Waals surface area (Å²) in [5.74, 6) is 1.48. The van der Waals surface area contributed by atoms with Crippen molar-refractivity contribution in [1.29, 1.82) is 0 Å². The van der Waals surface area contributed by atoms with E-state index in [1.165, 1.54) is 0 Å². The number of nitrogens with one attached hydrogen (secondary N) is 2. The summed E-state index contributed by atoms with van der Waals surface area (Å²) in [6.45, 7) is 8.71. The Bertz CT molecular complexity index is 886. The van der Waals surface area contributed by atoms with E-state index in [1.807, 2.05) is 27.7 Å². The highest BCUT2D eigenvalue weighted by Crippen LogP contribution is 2.25. The number of nitrogens with zero attached hydrogens (tertiary/aromatic N) is 2. The Hall–Kier alpha value is -3.23. The average Bonchev–Trinajstić information content (AvgIpc) is 3.08. The fourth-order valence-electron chi connectivity index (χ4n) is 3.02. The quantitative estimate of drug-likeness (QED) is 0.750. The molecule has 0 atom stereocenters. The number of rotatable bonds is 6. The zero-order valence-electron chi connectivity index (χ0n) is 17.8. The van der Waals surface area contributed by atoms with Crippen molar-refractivity contribution in [2.45, 2.75) is 46.3 Å². The number of aromatic amines is 1. The lowest BCUT2D eigenvalue weighted by atomic mass is 10.1. The lowest BCUT2D eigenvalue weighted by molar-refractivity contribution is -0.118. The van der Waals surface area contributed by atoms with Gasteiger partial charge in [-0.2, -0.15) is 5.10 Å². The molecule has 2 N–H and O–H groups in total. The molecule has 0 saturated carbocycles. The van der Waals surface area contributed by atoms with Crippen molar-refractivity contribution >= 4 is 17.8 Å². The van der Waals surface area contributed by atoms with E-state index in [2.05, 4.69) is 15.5 Å². The third-order valence-electron chi connectivity index (χ3n) is 4.35. The van der Waals surface area contributed by atoms with E-state index >= 15 is 0 Å². The zero-order valence-corrected chi connectivity index (χ0v) is 17.8. The molecule has 0 fully saturated rings. The summed E-state index contributed by atoms with van der Waals surface area (Å²) in [5, 5.41) is 9.86. The highest BCUT2D eigenvalue weighted by Gasteiger charge is 2.28.